The van der Waals surface area contributed by atoms with Crippen molar-refractivity contribution in [3.63, 3.8) is 0 Å². The number of amides is 4. The molecule has 3 aliphatic heterocycles. The molecule has 0 aliphatic carbocycles. The number of nitrogens with zero attached hydrogens (tertiary/aromatic N) is 8. The van der Waals surface area contributed by atoms with E-state index in [1.54, 1.807) is 26.2 Å². The number of aromatic nitrogens is 4. The molecule has 4 N–H and O–H groups in total. The van der Waals surface area contributed by atoms with Crippen molar-refractivity contribution < 1.29 is 86.8 Å². The van der Waals surface area contributed by atoms with Crippen molar-refractivity contribution in [3.05, 3.63) is 94.9 Å². The Morgan fingerprint density at radius 3 is 1.76 bits per heavy atom. The average molecular weight is 1280 g/mol. The number of rotatable bonds is 23. The fourth-order valence-electron chi connectivity index (χ4n) is 11.0. The highest BCUT2D eigenvalue weighted by atomic mass is 19.4. The first-order valence-corrected chi connectivity index (χ1v) is 28.5. The van der Waals surface area contributed by atoms with Gasteiger partial charge in [-0.2, -0.15) is 40.2 Å². The Morgan fingerprint density at radius 1 is 0.756 bits per heavy atom. The van der Waals surface area contributed by atoms with Crippen LogP contribution in [0.1, 0.15) is 83.2 Å². The summed E-state index contributed by atoms with van der Waals surface area (Å²) >= 11 is 0. The second kappa shape index (κ2) is 28.6. The van der Waals surface area contributed by atoms with Gasteiger partial charge in [-0.3, -0.25) is 29.6 Å². The zero-order chi connectivity index (χ0) is 66.4. The van der Waals surface area contributed by atoms with Crippen LogP contribution < -0.4 is 26.3 Å². The molecule has 7 rings (SSSR count). The van der Waals surface area contributed by atoms with E-state index in [9.17, 15) is 59.1 Å². The number of anilines is 1. The van der Waals surface area contributed by atoms with Gasteiger partial charge in [-0.1, -0.05) is 37.8 Å². The summed E-state index contributed by atoms with van der Waals surface area (Å²) in [5, 5.41) is 10.4. The zero-order valence-electron chi connectivity index (χ0n) is 50.9. The molecule has 3 aliphatic rings. The third kappa shape index (κ3) is 16.4. The van der Waals surface area contributed by atoms with Crippen LogP contribution in [0.3, 0.4) is 0 Å². The summed E-state index contributed by atoms with van der Waals surface area (Å²) in [7, 11) is 4.58. The number of hydrogen-bond donors (Lipinski definition) is 4. The first-order valence-electron chi connectivity index (χ1n) is 28.5. The molecule has 492 valence electrons. The summed E-state index contributed by atoms with van der Waals surface area (Å²) in [4.78, 5) is 84.5. The van der Waals surface area contributed by atoms with Crippen LogP contribution in [0.5, 0.6) is 0 Å². The second-order valence-electron chi connectivity index (χ2n) is 23.9. The Morgan fingerprint density at radius 2 is 1.29 bits per heavy atom. The summed E-state index contributed by atoms with van der Waals surface area (Å²) in [6.07, 6.45) is -9.96. The number of methoxy groups -OCH3 is 2. The standard InChI is InChI=1S/C59H72F10N12O9/c1-32(2)46(77(7)8)51(84)90-45(29-79(76-50(83)48(74-55(86)88-10)57(5,6)59(67,68)69)28-40-41(60)22-36(23-42(40)61)43-19-20-80(75-43)52(62)63)44(72-49(82)47(73-54(85)87-9)56(3,4)58(64,65)66)21-34-14-11-33(12-15-34)13-16-35-24-70-53(71-25-35)78-26-37-17-18-38(27-78)81(37)39-30-89-31-39/h11-12,14-15,19-20,22-25,32,37-39,44-48,52H,17-18,21,26-31H2,1-10H3,(H,72,82)(H,73,85)(H,74,86)(H,76,83)/t37?,38?,44-,45-,46-,47+,48+/m0/s1. The van der Waals surface area contributed by atoms with Crippen LogP contribution in [0, 0.1) is 40.2 Å². The number of esters is 1. The number of alkyl halides is 8. The van der Waals surface area contributed by atoms with Crippen molar-refractivity contribution in [2.24, 2.45) is 16.7 Å². The van der Waals surface area contributed by atoms with Crippen LogP contribution >= 0.6 is 0 Å². The third-order valence-corrected chi connectivity index (χ3v) is 16.3. The van der Waals surface area contributed by atoms with E-state index in [0.29, 0.717) is 80.0 Å². The lowest BCUT2D eigenvalue weighted by molar-refractivity contribution is -0.221. The van der Waals surface area contributed by atoms with Gasteiger partial charge < -0.3 is 39.8 Å². The molecule has 31 heteroatoms. The highest BCUT2D eigenvalue weighted by Crippen LogP contribution is 2.42. The van der Waals surface area contributed by atoms with Crippen LogP contribution in [0.2, 0.25) is 0 Å². The monoisotopic (exact) mass is 1280 g/mol. The maximum Gasteiger partial charge on any atom is 0.407 e. The molecule has 3 fully saturated rings. The Balaban J connectivity index is 1.30. The molecule has 2 bridgehead atoms. The van der Waals surface area contributed by atoms with Crippen LogP contribution in [-0.4, -0.2) is 186 Å². The first kappa shape index (κ1) is 69.7. The number of piperazine rings is 1. The van der Waals surface area contributed by atoms with E-state index in [-0.39, 0.29) is 21.5 Å². The highest BCUT2D eigenvalue weighted by Gasteiger charge is 2.58. The number of hydrazine groups is 1. The molecule has 0 spiro atoms. The van der Waals surface area contributed by atoms with Crippen molar-refractivity contribution >= 4 is 35.9 Å². The van der Waals surface area contributed by atoms with Gasteiger partial charge in [-0.25, -0.2) is 38.0 Å². The topological polar surface area (TPSA) is 227 Å². The summed E-state index contributed by atoms with van der Waals surface area (Å²) in [5.74, 6) is -1.28. The van der Waals surface area contributed by atoms with Crippen LogP contribution in [0.15, 0.2) is 61.1 Å². The van der Waals surface area contributed by atoms with E-state index in [1.807, 2.05) is 10.6 Å². The van der Waals surface area contributed by atoms with Crippen molar-refractivity contribution in [1.82, 2.24) is 55.9 Å². The lowest BCUT2D eigenvalue weighted by Crippen LogP contribution is -2.64. The highest BCUT2D eigenvalue weighted by molar-refractivity contribution is 5.87. The number of alkyl carbamates (subject to hydrolysis) is 2. The number of fused-ring (bicyclic) bond motifs is 2. The van der Waals surface area contributed by atoms with Gasteiger partial charge >= 0.3 is 37.1 Å². The minimum Gasteiger partial charge on any atom is -0.458 e. The number of benzene rings is 2. The average Bonchev–Trinajstić information content (AvgIpc) is 1.37. The van der Waals surface area contributed by atoms with Crippen molar-refractivity contribution in [2.75, 3.05) is 66.1 Å². The van der Waals surface area contributed by atoms with Gasteiger partial charge in [-0.05, 0) is 103 Å². The predicted octanol–water partition coefficient (Wildman–Crippen LogP) is 7.15. The molecule has 7 atom stereocenters. The van der Waals surface area contributed by atoms with Crippen molar-refractivity contribution in [2.45, 2.75) is 135 Å². The molecular formula is C59H72F10N12O9. The Bertz CT molecular complexity index is 3200. The fraction of sp³-hybridized carbons (Fsp3) is 0.559. The van der Waals surface area contributed by atoms with E-state index >= 15 is 8.78 Å². The summed E-state index contributed by atoms with van der Waals surface area (Å²) in [6.45, 7) is 3.00. The van der Waals surface area contributed by atoms with Crippen LogP contribution in [-0.2, 0) is 46.3 Å². The molecule has 21 nitrogen and oxygen atoms in total. The number of carbonyl (C=O) groups excluding carboxylic acids is 5. The molecule has 90 heavy (non-hydrogen) atoms. The first-order chi connectivity index (χ1) is 42.1. The van der Waals surface area contributed by atoms with E-state index in [0.717, 1.165) is 65.6 Å². The predicted molar refractivity (Wildman–Crippen MR) is 303 cm³/mol. The fourth-order valence-corrected chi connectivity index (χ4v) is 11.0. The molecular weight excluding hydrogens is 1210 g/mol. The molecule has 2 aromatic heterocycles. The van der Waals surface area contributed by atoms with Gasteiger partial charge in [0, 0.05) is 67.0 Å². The van der Waals surface area contributed by atoms with Crippen LogP contribution in [0.4, 0.5) is 59.4 Å². The molecule has 3 saturated heterocycles. The Labute approximate surface area is 512 Å². The summed E-state index contributed by atoms with van der Waals surface area (Å²) in [5.41, 5.74) is -4.70. The molecule has 4 aromatic rings. The van der Waals surface area contributed by atoms with Gasteiger partial charge in [0.25, 0.3) is 5.91 Å². The van der Waals surface area contributed by atoms with E-state index in [4.69, 9.17) is 9.47 Å². The number of nitrogens with one attached hydrogen (secondary N) is 4. The van der Waals surface area contributed by atoms with Gasteiger partial charge in [0.15, 0.2) is 0 Å². The SMILES string of the molecule is COC(=O)N[C@H](C(=O)N[C@@H](Cc1ccc(C#Cc2cnc(N3CC4CCC(C3)N4C3COC3)nc2)cc1)[C@H](CN(Cc1c(F)cc(-c2ccn(C(F)F)n2)cc1F)NC(=O)[C@@H](NC(=O)OC)C(C)(C)C(F)(F)F)OC(=O)[C@H](C(C)C)N(C)C)C(C)(C)C(F)(F)F. The maximum atomic E-state index is 16.5. The maximum absolute atomic E-state index is 16.5. The lowest BCUT2D eigenvalue weighted by atomic mass is 9.82. The molecule has 4 amide bonds. The van der Waals surface area contributed by atoms with Gasteiger partial charge in [0.1, 0.15) is 35.9 Å². The number of likely N-dealkylation sites (N-methyl/N-ethyl adjacent to an activating group) is 1. The Kier molecular flexibility index (Phi) is 22.1. The zero-order valence-corrected chi connectivity index (χ0v) is 50.9. The van der Waals surface area contributed by atoms with E-state index in [2.05, 4.69) is 56.9 Å². The quantitative estimate of drug-likeness (QED) is 0.0190. The smallest absolute Gasteiger partial charge is 0.407 e. The second-order valence-corrected chi connectivity index (χ2v) is 23.9. The number of ether oxygens (including phenoxy) is 4. The van der Waals surface area contributed by atoms with Gasteiger partial charge in [-0.15, -0.1) is 0 Å². The largest absolute Gasteiger partial charge is 0.458 e. The summed E-state index contributed by atoms with van der Waals surface area (Å²) < 4.78 is 170. The van der Waals surface area contributed by atoms with Gasteiger partial charge in [0.05, 0.1) is 68.1 Å². The van der Waals surface area contributed by atoms with E-state index < -0.39 is 133 Å². The Hall–Kier alpha value is -7.82. The number of carbonyl (C=O) groups is 5. The number of halogens is 10. The minimum atomic E-state index is -5.28. The van der Waals surface area contributed by atoms with Crippen molar-refractivity contribution in [1.29, 1.82) is 0 Å². The van der Waals surface area contributed by atoms with Crippen LogP contribution in [0.25, 0.3) is 11.3 Å². The van der Waals surface area contributed by atoms with Crippen molar-refractivity contribution in [3.8, 4) is 23.1 Å². The van der Waals surface area contributed by atoms with E-state index in [1.165, 1.54) is 43.3 Å². The molecule has 0 saturated carbocycles. The molecule has 5 heterocycles. The lowest BCUT2D eigenvalue weighted by Gasteiger charge is -2.47. The third-order valence-electron chi connectivity index (χ3n) is 16.3. The minimum absolute atomic E-state index is 0.197. The normalized spacial score (nSPS) is 18.2. The molecule has 2 aromatic carbocycles. The summed E-state index contributed by atoms with van der Waals surface area (Å²) in [6, 6.07) is 1.39. The number of hydrogen-bond acceptors (Lipinski definition) is 16. The van der Waals surface area contributed by atoms with Gasteiger partial charge in [0.2, 0.25) is 11.9 Å². The molecule has 0 radical (unpaired) electrons. The molecule has 2 unspecified atom stereocenters.